The van der Waals surface area contributed by atoms with Crippen molar-refractivity contribution >= 4 is 28.6 Å². The SMILES string of the molecule is COC(=O)c1cc2cc(NC(=O)c3cccnc3)cnc2[nH]1. The van der Waals surface area contributed by atoms with Gasteiger partial charge in [0.2, 0.25) is 0 Å². The Labute approximate surface area is 125 Å². The molecule has 110 valence electrons. The number of H-pyrrole nitrogens is 1. The monoisotopic (exact) mass is 296 g/mol. The van der Waals surface area contributed by atoms with Crippen LogP contribution in [0, 0.1) is 0 Å². The molecule has 1 amide bonds. The maximum absolute atomic E-state index is 12.0. The molecular weight excluding hydrogens is 284 g/mol. The number of aromatic amines is 1. The zero-order valence-corrected chi connectivity index (χ0v) is 11.7. The Morgan fingerprint density at radius 3 is 2.86 bits per heavy atom. The van der Waals surface area contributed by atoms with Crippen LogP contribution in [0.25, 0.3) is 11.0 Å². The number of methoxy groups -OCH3 is 1. The van der Waals surface area contributed by atoms with E-state index < -0.39 is 5.97 Å². The molecule has 0 saturated carbocycles. The molecule has 0 saturated heterocycles. The fourth-order valence-corrected chi connectivity index (χ4v) is 2.00. The minimum absolute atomic E-state index is 0.280. The summed E-state index contributed by atoms with van der Waals surface area (Å²) in [5.41, 5.74) is 1.82. The highest BCUT2D eigenvalue weighted by molar-refractivity contribution is 6.04. The highest BCUT2D eigenvalue weighted by Gasteiger charge is 2.11. The van der Waals surface area contributed by atoms with Gasteiger partial charge >= 0.3 is 5.97 Å². The number of nitrogens with one attached hydrogen (secondary N) is 2. The third kappa shape index (κ3) is 2.64. The lowest BCUT2D eigenvalue weighted by Gasteiger charge is -2.04. The highest BCUT2D eigenvalue weighted by Crippen LogP contribution is 2.18. The van der Waals surface area contributed by atoms with Crippen LogP contribution in [-0.4, -0.2) is 33.9 Å². The number of anilines is 1. The minimum atomic E-state index is -0.473. The Morgan fingerprint density at radius 2 is 2.14 bits per heavy atom. The van der Waals surface area contributed by atoms with Gasteiger partial charge in [-0.15, -0.1) is 0 Å². The van der Waals surface area contributed by atoms with E-state index in [2.05, 4.69) is 25.0 Å². The molecule has 0 fully saturated rings. The minimum Gasteiger partial charge on any atom is -0.464 e. The first-order valence-electron chi connectivity index (χ1n) is 6.46. The van der Waals surface area contributed by atoms with Crippen LogP contribution < -0.4 is 5.32 Å². The third-order valence-electron chi connectivity index (χ3n) is 3.06. The fourth-order valence-electron chi connectivity index (χ4n) is 2.00. The second-order valence-corrected chi connectivity index (χ2v) is 4.53. The van der Waals surface area contributed by atoms with Gasteiger partial charge in [-0.1, -0.05) is 0 Å². The maximum atomic E-state index is 12.0. The van der Waals surface area contributed by atoms with Crippen LogP contribution in [0.3, 0.4) is 0 Å². The third-order valence-corrected chi connectivity index (χ3v) is 3.06. The van der Waals surface area contributed by atoms with Crippen molar-refractivity contribution in [2.75, 3.05) is 12.4 Å². The number of esters is 1. The van der Waals surface area contributed by atoms with E-state index in [1.165, 1.54) is 19.5 Å². The quantitative estimate of drug-likeness (QED) is 0.720. The summed E-state index contributed by atoms with van der Waals surface area (Å²) in [6.07, 6.45) is 4.58. The smallest absolute Gasteiger partial charge is 0.354 e. The summed E-state index contributed by atoms with van der Waals surface area (Å²) < 4.78 is 4.64. The lowest BCUT2D eigenvalue weighted by Crippen LogP contribution is -2.12. The van der Waals surface area contributed by atoms with Crippen molar-refractivity contribution in [1.82, 2.24) is 15.0 Å². The number of hydrogen-bond acceptors (Lipinski definition) is 5. The fraction of sp³-hybridized carbons (Fsp3) is 0.0667. The van der Waals surface area contributed by atoms with E-state index in [1.54, 1.807) is 30.5 Å². The summed E-state index contributed by atoms with van der Waals surface area (Å²) in [5.74, 6) is -0.753. The van der Waals surface area contributed by atoms with Crippen LogP contribution in [0.1, 0.15) is 20.8 Å². The van der Waals surface area contributed by atoms with Crippen molar-refractivity contribution in [2.45, 2.75) is 0 Å². The van der Waals surface area contributed by atoms with E-state index in [1.807, 2.05) is 0 Å². The number of pyridine rings is 2. The molecule has 0 atom stereocenters. The number of hydrogen-bond donors (Lipinski definition) is 2. The molecule has 3 aromatic heterocycles. The standard InChI is InChI=1S/C15H12N4O3/c1-22-15(21)12-6-10-5-11(8-17-13(10)19-12)18-14(20)9-3-2-4-16-7-9/h2-8H,1H3,(H,17,19)(H,18,20). The van der Waals surface area contributed by atoms with Gasteiger partial charge in [0.25, 0.3) is 5.91 Å². The van der Waals surface area contributed by atoms with Crippen molar-refractivity contribution in [3.05, 3.63) is 54.1 Å². The molecule has 2 N–H and O–H groups in total. The normalized spacial score (nSPS) is 10.4. The van der Waals surface area contributed by atoms with Gasteiger partial charge in [-0.2, -0.15) is 0 Å². The Kier molecular flexibility index (Phi) is 3.53. The Balaban J connectivity index is 1.86. The van der Waals surface area contributed by atoms with Crippen LogP contribution in [0.4, 0.5) is 5.69 Å². The first-order chi connectivity index (χ1) is 10.7. The molecule has 7 nitrogen and oxygen atoms in total. The van der Waals surface area contributed by atoms with Gasteiger partial charge in [-0.25, -0.2) is 9.78 Å². The highest BCUT2D eigenvalue weighted by atomic mass is 16.5. The predicted molar refractivity (Wildman–Crippen MR) is 79.6 cm³/mol. The van der Waals surface area contributed by atoms with Crippen LogP contribution in [0.2, 0.25) is 0 Å². The number of amides is 1. The number of rotatable bonds is 3. The zero-order valence-electron chi connectivity index (χ0n) is 11.7. The molecule has 3 aromatic rings. The van der Waals surface area contributed by atoms with E-state index in [0.717, 1.165) is 0 Å². The van der Waals surface area contributed by atoms with Gasteiger partial charge in [0.05, 0.1) is 24.6 Å². The number of fused-ring (bicyclic) bond motifs is 1. The molecule has 0 aliphatic rings. The molecule has 7 heteroatoms. The molecule has 0 unspecified atom stereocenters. The van der Waals surface area contributed by atoms with Crippen molar-refractivity contribution in [1.29, 1.82) is 0 Å². The van der Waals surface area contributed by atoms with Crippen molar-refractivity contribution < 1.29 is 14.3 Å². The van der Waals surface area contributed by atoms with Crippen LogP contribution >= 0.6 is 0 Å². The summed E-state index contributed by atoms with van der Waals surface area (Å²) >= 11 is 0. The number of aromatic nitrogens is 3. The first kappa shape index (κ1) is 13.7. The lowest BCUT2D eigenvalue weighted by molar-refractivity contribution is 0.0595. The largest absolute Gasteiger partial charge is 0.464 e. The summed E-state index contributed by atoms with van der Waals surface area (Å²) in [5, 5.41) is 3.43. The van der Waals surface area contributed by atoms with Gasteiger partial charge < -0.3 is 15.0 Å². The molecule has 3 rings (SSSR count). The Morgan fingerprint density at radius 1 is 1.27 bits per heavy atom. The van der Waals surface area contributed by atoms with E-state index in [4.69, 9.17) is 0 Å². The van der Waals surface area contributed by atoms with Gasteiger partial charge in [0, 0.05) is 17.8 Å². The van der Waals surface area contributed by atoms with E-state index in [0.29, 0.717) is 28.0 Å². The number of carbonyl (C=O) groups excluding carboxylic acids is 2. The van der Waals surface area contributed by atoms with Gasteiger partial charge in [-0.05, 0) is 24.3 Å². The summed E-state index contributed by atoms with van der Waals surface area (Å²) in [6, 6.07) is 6.69. The molecule has 0 aliphatic carbocycles. The summed E-state index contributed by atoms with van der Waals surface area (Å²) in [6.45, 7) is 0. The van der Waals surface area contributed by atoms with E-state index in [-0.39, 0.29) is 5.91 Å². The predicted octanol–water partition coefficient (Wildman–Crippen LogP) is 2.00. The van der Waals surface area contributed by atoms with Gasteiger partial charge in [0.1, 0.15) is 11.3 Å². The molecule has 0 bridgehead atoms. The number of ether oxygens (including phenoxy) is 1. The number of nitrogens with zero attached hydrogens (tertiary/aromatic N) is 2. The van der Waals surface area contributed by atoms with Crippen LogP contribution in [0.5, 0.6) is 0 Å². The average Bonchev–Trinajstić information content (AvgIpc) is 2.98. The van der Waals surface area contributed by atoms with Gasteiger partial charge in [0.15, 0.2) is 0 Å². The summed E-state index contributed by atoms with van der Waals surface area (Å²) in [4.78, 5) is 34.4. The molecular formula is C15H12N4O3. The molecule has 0 radical (unpaired) electrons. The lowest BCUT2D eigenvalue weighted by atomic mass is 10.2. The second kappa shape index (κ2) is 5.65. The zero-order chi connectivity index (χ0) is 15.5. The first-order valence-corrected chi connectivity index (χ1v) is 6.46. The van der Waals surface area contributed by atoms with E-state index in [9.17, 15) is 9.59 Å². The molecule has 3 heterocycles. The summed E-state index contributed by atoms with van der Waals surface area (Å²) in [7, 11) is 1.31. The molecule has 0 aliphatic heterocycles. The second-order valence-electron chi connectivity index (χ2n) is 4.53. The molecule has 0 spiro atoms. The average molecular weight is 296 g/mol. The number of carbonyl (C=O) groups is 2. The van der Waals surface area contributed by atoms with Crippen molar-refractivity contribution in [3.8, 4) is 0 Å². The molecule has 0 aromatic carbocycles. The maximum Gasteiger partial charge on any atom is 0.354 e. The van der Waals surface area contributed by atoms with Crippen LogP contribution in [0.15, 0.2) is 42.9 Å². The Hall–Kier alpha value is -3.22. The van der Waals surface area contributed by atoms with Crippen molar-refractivity contribution in [2.24, 2.45) is 0 Å². The van der Waals surface area contributed by atoms with Crippen molar-refractivity contribution in [3.63, 3.8) is 0 Å². The van der Waals surface area contributed by atoms with Crippen LogP contribution in [-0.2, 0) is 4.74 Å². The Bertz CT molecular complexity index is 842. The van der Waals surface area contributed by atoms with Gasteiger partial charge in [-0.3, -0.25) is 9.78 Å². The molecule has 22 heavy (non-hydrogen) atoms. The van der Waals surface area contributed by atoms with E-state index >= 15 is 0 Å². The topological polar surface area (TPSA) is 97.0 Å².